The Morgan fingerprint density at radius 2 is 1.88 bits per heavy atom. The molecule has 0 aromatic heterocycles. The third-order valence-corrected chi connectivity index (χ3v) is 5.04. The van der Waals surface area contributed by atoms with Gasteiger partial charge in [-0.25, -0.2) is 8.42 Å². The van der Waals surface area contributed by atoms with Crippen LogP contribution in [0.2, 0.25) is 0 Å². The van der Waals surface area contributed by atoms with E-state index in [1.807, 2.05) is 0 Å². The van der Waals surface area contributed by atoms with Gasteiger partial charge >= 0.3 is 6.18 Å². The maximum atomic E-state index is 12.8. The SMILES string of the molecule is O=S(=O)(Nc1ccccc1C1NCCO1)c1cccc(C(F)(F)F)c1. The molecule has 1 aliphatic heterocycles. The molecule has 1 fully saturated rings. The van der Waals surface area contributed by atoms with E-state index in [9.17, 15) is 21.6 Å². The Morgan fingerprint density at radius 3 is 2.56 bits per heavy atom. The van der Waals surface area contributed by atoms with Crippen LogP contribution in [-0.2, 0) is 20.9 Å². The van der Waals surface area contributed by atoms with E-state index < -0.39 is 32.9 Å². The molecule has 1 heterocycles. The van der Waals surface area contributed by atoms with Gasteiger partial charge in [-0.15, -0.1) is 0 Å². The summed E-state index contributed by atoms with van der Waals surface area (Å²) in [5.74, 6) is 0. The minimum Gasteiger partial charge on any atom is -0.358 e. The molecule has 2 N–H and O–H groups in total. The standard InChI is InChI=1S/C16H15F3N2O3S/c17-16(18,19)11-4-3-5-12(10-11)25(22,23)21-14-7-2-1-6-13(14)15-20-8-9-24-15/h1-7,10,15,20-21H,8-9H2. The lowest BCUT2D eigenvalue weighted by Crippen LogP contribution is -2.19. The fraction of sp³-hybridized carbons (Fsp3) is 0.250. The maximum absolute atomic E-state index is 12.8. The van der Waals surface area contributed by atoms with E-state index in [1.165, 1.54) is 6.07 Å². The molecule has 134 valence electrons. The van der Waals surface area contributed by atoms with Crippen LogP contribution in [-0.4, -0.2) is 21.6 Å². The zero-order chi connectivity index (χ0) is 18.1. The topological polar surface area (TPSA) is 67.4 Å². The summed E-state index contributed by atoms with van der Waals surface area (Å²) in [6.07, 6.45) is -5.09. The summed E-state index contributed by atoms with van der Waals surface area (Å²) in [5.41, 5.74) is -0.209. The third kappa shape index (κ3) is 3.94. The largest absolute Gasteiger partial charge is 0.416 e. The molecule has 0 radical (unpaired) electrons. The van der Waals surface area contributed by atoms with Crippen molar-refractivity contribution in [3.8, 4) is 0 Å². The third-order valence-electron chi connectivity index (χ3n) is 3.68. The summed E-state index contributed by atoms with van der Waals surface area (Å²) >= 11 is 0. The van der Waals surface area contributed by atoms with E-state index in [0.717, 1.165) is 18.2 Å². The lowest BCUT2D eigenvalue weighted by atomic mass is 10.1. The molecule has 0 bridgehead atoms. The molecule has 25 heavy (non-hydrogen) atoms. The van der Waals surface area contributed by atoms with Gasteiger partial charge in [0.15, 0.2) is 0 Å². The number of rotatable bonds is 4. The number of halogens is 3. The minimum atomic E-state index is -4.62. The molecule has 5 nitrogen and oxygen atoms in total. The van der Waals surface area contributed by atoms with Gasteiger partial charge in [-0.1, -0.05) is 24.3 Å². The number of anilines is 1. The Balaban J connectivity index is 1.93. The van der Waals surface area contributed by atoms with Crippen LogP contribution in [0.1, 0.15) is 17.4 Å². The summed E-state index contributed by atoms with van der Waals surface area (Å²) in [7, 11) is -4.18. The van der Waals surface area contributed by atoms with Crippen molar-refractivity contribution in [2.24, 2.45) is 0 Å². The van der Waals surface area contributed by atoms with Crippen LogP contribution in [0, 0.1) is 0 Å². The first-order valence-corrected chi connectivity index (χ1v) is 8.90. The Kier molecular flexibility index (Phi) is 4.72. The lowest BCUT2D eigenvalue weighted by Gasteiger charge is -2.17. The van der Waals surface area contributed by atoms with Crippen molar-refractivity contribution in [1.82, 2.24) is 5.32 Å². The van der Waals surface area contributed by atoms with Gasteiger partial charge in [0, 0.05) is 12.1 Å². The highest BCUT2D eigenvalue weighted by Gasteiger charge is 2.32. The number of hydrogen-bond donors (Lipinski definition) is 2. The molecule has 2 aromatic rings. The van der Waals surface area contributed by atoms with Crippen molar-refractivity contribution in [1.29, 1.82) is 0 Å². The van der Waals surface area contributed by atoms with Gasteiger partial charge in [0.2, 0.25) is 0 Å². The molecule has 1 saturated heterocycles. The van der Waals surface area contributed by atoms with Gasteiger partial charge in [-0.2, -0.15) is 13.2 Å². The second-order valence-electron chi connectivity index (χ2n) is 5.42. The number of para-hydroxylation sites is 1. The molecular weight excluding hydrogens is 357 g/mol. The van der Waals surface area contributed by atoms with Gasteiger partial charge in [0.25, 0.3) is 10.0 Å². The number of ether oxygens (including phenoxy) is 1. The van der Waals surface area contributed by atoms with Crippen LogP contribution in [0.5, 0.6) is 0 Å². The van der Waals surface area contributed by atoms with Crippen LogP contribution < -0.4 is 10.0 Å². The van der Waals surface area contributed by atoms with Crippen LogP contribution in [0.15, 0.2) is 53.4 Å². The fourth-order valence-corrected chi connectivity index (χ4v) is 3.62. The van der Waals surface area contributed by atoms with E-state index in [-0.39, 0.29) is 5.69 Å². The van der Waals surface area contributed by atoms with E-state index in [4.69, 9.17) is 4.74 Å². The summed E-state index contributed by atoms with van der Waals surface area (Å²) in [4.78, 5) is -0.461. The summed E-state index contributed by atoms with van der Waals surface area (Å²) in [5, 5.41) is 3.06. The Morgan fingerprint density at radius 1 is 1.12 bits per heavy atom. The molecule has 1 atom stereocenters. The second kappa shape index (κ2) is 6.66. The first-order valence-electron chi connectivity index (χ1n) is 7.41. The van der Waals surface area contributed by atoms with Crippen molar-refractivity contribution >= 4 is 15.7 Å². The molecule has 1 aliphatic rings. The van der Waals surface area contributed by atoms with E-state index in [1.54, 1.807) is 18.2 Å². The molecule has 1 unspecified atom stereocenters. The van der Waals surface area contributed by atoms with Crippen molar-refractivity contribution < 1.29 is 26.3 Å². The Hall–Kier alpha value is -2.10. The zero-order valence-electron chi connectivity index (χ0n) is 12.9. The predicted octanol–water partition coefficient (Wildman–Crippen LogP) is 3.12. The van der Waals surface area contributed by atoms with Gasteiger partial charge in [0.1, 0.15) is 6.23 Å². The maximum Gasteiger partial charge on any atom is 0.416 e. The van der Waals surface area contributed by atoms with Gasteiger partial charge in [0.05, 0.1) is 22.8 Å². The highest BCUT2D eigenvalue weighted by molar-refractivity contribution is 7.92. The fourth-order valence-electron chi connectivity index (χ4n) is 2.49. The summed E-state index contributed by atoms with van der Waals surface area (Å²) < 4.78 is 71.3. The average Bonchev–Trinajstić information content (AvgIpc) is 3.09. The van der Waals surface area contributed by atoms with Crippen LogP contribution in [0.4, 0.5) is 18.9 Å². The molecule has 3 rings (SSSR count). The lowest BCUT2D eigenvalue weighted by molar-refractivity contribution is -0.137. The minimum absolute atomic E-state index is 0.249. The van der Waals surface area contributed by atoms with E-state index in [0.29, 0.717) is 24.8 Å². The van der Waals surface area contributed by atoms with Gasteiger partial charge < -0.3 is 4.74 Å². The summed E-state index contributed by atoms with van der Waals surface area (Å²) in [6, 6.07) is 10.2. The van der Waals surface area contributed by atoms with Crippen molar-refractivity contribution in [2.75, 3.05) is 17.9 Å². The molecule has 2 aromatic carbocycles. The molecular formula is C16H15F3N2O3S. The van der Waals surface area contributed by atoms with Crippen LogP contribution >= 0.6 is 0 Å². The smallest absolute Gasteiger partial charge is 0.358 e. The van der Waals surface area contributed by atoms with Crippen molar-refractivity contribution in [2.45, 2.75) is 17.3 Å². The number of sulfonamides is 1. The molecule has 0 aliphatic carbocycles. The molecule has 9 heteroatoms. The van der Waals surface area contributed by atoms with Gasteiger partial charge in [-0.3, -0.25) is 10.0 Å². The molecule has 0 spiro atoms. The first kappa shape index (κ1) is 17.7. The zero-order valence-corrected chi connectivity index (χ0v) is 13.7. The molecule has 0 saturated carbocycles. The van der Waals surface area contributed by atoms with Crippen molar-refractivity contribution in [3.05, 3.63) is 59.7 Å². The number of alkyl halides is 3. The van der Waals surface area contributed by atoms with Crippen molar-refractivity contribution in [3.63, 3.8) is 0 Å². The quantitative estimate of drug-likeness (QED) is 0.865. The van der Waals surface area contributed by atoms with Crippen LogP contribution in [0.25, 0.3) is 0 Å². The average molecular weight is 372 g/mol. The number of hydrogen-bond acceptors (Lipinski definition) is 4. The number of benzene rings is 2. The monoisotopic (exact) mass is 372 g/mol. The first-order chi connectivity index (χ1) is 11.8. The Bertz CT molecular complexity index is 863. The Labute approximate surface area is 142 Å². The summed E-state index contributed by atoms with van der Waals surface area (Å²) in [6.45, 7) is 1.11. The molecule has 0 amide bonds. The predicted molar refractivity (Wildman–Crippen MR) is 85.4 cm³/mol. The number of nitrogens with one attached hydrogen (secondary N) is 2. The normalized spacial score (nSPS) is 18.3. The van der Waals surface area contributed by atoms with Crippen LogP contribution in [0.3, 0.4) is 0 Å². The van der Waals surface area contributed by atoms with E-state index >= 15 is 0 Å². The van der Waals surface area contributed by atoms with E-state index in [2.05, 4.69) is 10.0 Å². The highest BCUT2D eigenvalue weighted by atomic mass is 32.2. The highest BCUT2D eigenvalue weighted by Crippen LogP contribution is 2.32. The second-order valence-corrected chi connectivity index (χ2v) is 7.11. The van der Waals surface area contributed by atoms with Gasteiger partial charge in [-0.05, 0) is 24.3 Å².